The van der Waals surface area contributed by atoms with Crippen LogP contribution >= 0.6 is 0 Å². The van der Waals surface area contributed by atoms with Crippen molar-refractivity contribution in [1.29, 1.82) is 0 Å². The van der Waals surface area contributed by atoms with Gasteiger partial charge in [-0.3, -0.25) is 9.48 Å². The number of carbonyl (C=O) groups is 1. The molecule has 0 atom stereocenters. The minimum atomic E-state index is -4.57. The third-order valence-corrected chi connectivity index (χ3v) is 4.32. The van der Waals surface area contributed by atoms with Crippen LogP contribution < -0.4 is 10.1 Å². The fraction of sp³-hybridized carbons (Fsp3) is 0.562. The Bertz CT molecular complexity index is 795. The second-order valence-corrected chi connectivity index (χ2v) is 6.25. The second-order valence-electron chi connectivity index (χ2n) is 6.25. The largest absolute Gasteiger partial charge is 0.467 e. The van der Waals surface area contributed by atoms with E-state index in [1.807, 2.05) is 0 Å². The summed E-state index contributed by atoms with van der Waals surface area (Å²) in [6.07, 6.45) is -0.595. The summed E-state index contributed by atoms with van der Waals surface area (Å²) in [6.45, 7) is 1.12. The molecule has 9 heteroatoms. The number of ether oxygens (including phenoxy) is 1. The molecule has 25 heavy (non-hydrogen) atoms. The van der Waals surface area contributed by atoms with Gasteiger partial charge in [0, 0.05) is 19.2 Å². The van der Waals surface area contributed by atoms with Crippen LogP contribution in [0.3, 0.4) is 0 Å². The van der Waals surface area contributed by atoms with Crippen molar-refractivity contribution < 1.29 is 22.7 Å². The maximum absolute atomic E-state index is 13.4. The standard InChI is InChI=1S/C16H19F3N4O2/c1-9-14-11(16(17,18)19)7-13(21-15(14)23(2)22-9)25-8-12(24)20-10-5-3-4-6-10/h7,10H,3-6,8H2,1-2H3,(H,20,24). The van der Waals surface area contributed by atoms with E-state index in [0.717, 1.165) is 31.7 Å². The summed E-state index contributed by atoms with van der Waals surface area (Å²) in [4.78, 5) is 16.0. The number of rotatable bonds is 4. The molecule has 0 aliphatic heterocycles. The van der Waals surface area contributed by atoms with Gasteiger partial charge >= 0.3 is 6.18 Å². The van der Waals surface area contributed by atoms with E-state index in [1.165, 1.54) is 18.7 Å². The number of alkyl halides is 3. The number of fused-ring (bicyclic) bond motifs is 1. The van der Waals surface area contributed by atoms with Gasteiger partial charge in [0.1, 0.15) is 0 Å². The molecule has 2 aromatic rings. The highest BCUT2D eigenvalue weighted by atomic mass is 19.4. The molecule has 0 saturated heterocycles. The van der Waals surface area contributed by atoms with Crippen molar-refractivity contribution in [3.05, 3.63) is 17.3 Å². The van der Waals surface area contributed by atoms with Gasteiger partial charge in [-0.05, 0) is 19.8 Å². The first-order valence-corrected chi connectivity index (χ1v) is 8.09. The number of amides is 1. The van der Waals surface area contributed by atoms with Crippen LogP contribution in [0, 0.1) is 6.92 Å². The summed E-state index contributed by atoms with van der Waals surface area (Å²) in [7, 11) is 1.51. The Kier molecular flexibility index (Phi) is 4.57. The van der Waals surface area contributed by atoms with Gasteiger partial charge in [-0.2, -0.15) is 23.3 Å². The Balaban J connectivity index is 1.81. The van der Waals surface area contributed by atoms with Gasteiger partial charge in [-0.1, -0.05) is 12.8 Å². The van der Waals surface area contributed by atoms with Gasteiger partial charge in [0.2, 0.25) is 5.88 Å². The number of aromatic nitrogens is 3. The molecule has 2 heterocycles. The molecule has 1 N–H and O–H groups in total. The monoisotopic (exact) mass is 356 g/mol. The van der Waals surface area contributed by atoms with Crippen molar-refractivity contribution in [1.82, 2.24) is 20.1 Å². The molecule has 0 radical (unpaired) electrons. The van der Waals surface area contributed by atoms with Crippen molar-refractivity contribution in [3.63, 3.8) is 0 Å². The molecule has 136 valence electrons. The molecular formula is C16H19F3N4O2. The summed E-state index contributed by atoms with van der Waals surface area (Å²) in [5, 5.41) is 6.75. The lowest BCUT2D eigenvalue weighted by Crippen LogP contribution is -2.36. The number of pyridine rings is 1. The van der Waals surface area contributed by atoms with Crippen LogP contribution in [0.25, 0.3) is 11.0 Å². The third-order valence-electron chi connectivity index (χ3n) is 4.32. The van der Waals surface area contributed by atoms with Crippen LogP contribution in [-0.2, 0) is 18.0 Å². The number of hydrogen-bond donors (Lipinski definition) is 1. The lowest BCUT2D eigenvalue weighted by molar-refractivity contribution is -0.136. The highest BCUT2D eigenvalue weighted by molar-refractivity contribution is 5.83. The molecule has 0 spiro atoms. The van der Waals surface area contributed by atoms with Crippen molar-refractivity contribution in [2.24, 2.45) is 7.05 Å². The first kappa shape index (κ1) is 17.5. The average molecular weight is 356 g/mol. The van der Waals surface area contributed by atoms with E-state index in [-0.39, 0.29) is 41.2 Å². The van der Waals surface area contributed by atoms with Gasteiger partial charge in [0.05, 0.1) is 16.6 Å². The summed E-state index contributed by atoms with van der Waals surface area (Å²) in [5.41, 5.74) is -0.560. The number of halogens is 3. The number of aryl methyl sites for hydroxylation is 2. The van der Waals surface area contributed by atoms with Crippen LogP contribution in [0.15, 0.2) is 6.07 Å². The van der Waals surface area contributed by atoms with Crippen LogP contribution in [-0.4, -0.2) is 33.3 Å². The van der Waals surface area contributed by atoms with Gasteiger partial charge in [0.15, 0.2) is 12.3 Å². The number of carbonyl (C=O) groups excluding carboxylic acids is 1. The molecule has 0 bridgehead atoms. The summed E-state index contributed by atoms with van der Waals surface area (Å²) >= 11 is 0. The molecule has 2 aromatic heterocycles. The van der Waals surface area contributed by atoms with E-state index >= 15 is 0 Å². The second kappa shape index (κ2) is 6.53. The molecule has 1 fully saturated rings. The number of hydrogen-bond acceptors (Lipinski definition) is 4. The maximum atomic E-state index is 13.4. The van der Waals surface area contributed by atoms with Crippen LogP contribution in [0.1, 0.15) is 36.9 Å². The SMILES string of the molecule is Cc1nn(C)c2nc(OCC(=O)NC3CCCC3)cc(C(F)(F)F)c12. The summed E-state index contributed by atoms with van der Waals surface area (Å²) in [5.74, 6) is -0.604. The van der Waals surface area contributed by atoms with Crippen molar-refractivity contribution in [2.75, 3.05) is 6.61 Å². The first-order valence-electron chi connectivity index (χ1n) is 8.09. The Morgan fingerprint density at radius 1 is 1.40 bits per heavy atom. The number of nitrogens with one attached hydrogen (secondary N) is 1. The van der Waals surface area contributed by atoms with E-state index in [1.54, 1.807) is 0 Å². The highest BCUT2D eigenvalue weighted by Crippen LogP contribution is 2.37. The number of nitrogens with zero attached hydrogens (tertiary/aromatic N) is 3. The third kappa shape index (κ3) is 3.69. The fourth-order valence-corrected chi connectivity index (χ4v) is 3.20. The van der Waals surface area contributed by atoms with Gasteiger partial charge in [0.25, 0.3) is 5.91 Å². The smallest absolute Gasteiger partial charge is 0.417 e. The quantitative estimate of drug-likeness (QED) is 0.915. The van der Waals surface area contributed by atoms with E-state index in [0.29, 0.717) is 0 Å². The van der Waals surface area contributed by atoms with E-state index < -0.39 is 11.7 Å². The summed E-state index contributed by atoms with van der Waals surface area (Å²) < 4.78 is 46.6. The van der Waals surface area contributed by atoms with E-state index in [2.05, 4.69) is 15.4 Å². The predicted octanol–water partition coefficient (Wildman–Crippen LogP) is 2.73. The molecular weight excluding hydrogens is 337 g/mol. The lowest BCUT2D eigenvalue weighted by atomic mass is 10.1. The van der Waals surface area contributed by atoms with E-state index in [9.17, 15) is 18.0 Å². The Labute approximate surface area is 142 Å². The molecule has 1 saturated carbocycles. The zero-order chi connectivity index (χ0) is 18.2. The molecule has 1 amide bonds. The van der Waals surface area contributed by atoms with Crippen molar-refractivity contribution in [3.8, 4) is 5.88 Å². The van der Waals surface area contributed by atoms with Crippen LogP contribution in [0.2, 0.25) is 0 Å². The molecule has 1 aliphatic carbocycles. The van der Waals surface area contributed by atoms with Crippen LogP contribution in [0.4, 0.5) is 13.2 Å². The highest BCUT2D eigenvalue weighted by Gasteiger charge is 2.35. The Morgan fingerprint density at radius 2 is 2.08 bits per heavy atom. The van der Waals surface area contributed by atoms with Gasteiger partial charge < -0.3 is 10.1 Å². The topological polar surface area (TPSA) is 69.0 Å². The Morgan fingerprint density at radius 3 is 2.72 bits per heavy atom. The molecule has 6 nitrogen and oxygen atoms in total. The van der Waals surface area contributed by atoms with Gasteiger partial charge in [-0.15, -0.1) is 0 Å². The lowest BCUT2D eigenvalue weighted by Gasteiger charge is -2.14. The Hall–Kier alpha value is -2.32. The fourth-order valence-electron chi connectivity index (χ4n) is 3.20. The van der Waals surface area contributed by atoms with Gasteiger partial charge in [-0.25, -0.2) is 0 Å². The van der Waals surface area contributed by atoms with Crippen molar-refractivity contribution in [2.45, 2.75) is 44.8 Å². The van der Waals surface area contributed by atoms with Crippen LogP contribution in [0.5, 0.6) is 5.88 Å². The first-order chi connectivity index (χ1) is 11.8. The van der Waals surface area contributed by atoms with Crippen molar-refractivity contribution >= 4 is 16.9 Å². The molecule has 0 aromatic carbocycles. The minimum Gasteiger partial charge on any atom is -0.467 e. The van der Waals surface area contributed by atoms with E-state index in [4.69, 9.17) is 4.74 Å². The summed E-state index contributed by atoms with van der Waals surface area (Å²) in [6, 6.07) is 0.942. The molecule has 0 unspecified atom stereocenters. The average Bonchev–Trinajstić information content (AvgIpc) is 3.12. The predicted molar refractivity (Wildman–Crippen MR) is 84.1 cm³/mol. The molecule has 3 rings (SSSR count). The minimum absolute atomic E-state index is 0.0576. The molecule has 1 aliphatic rings. The maximum Gasteiger partial charge on any atom is 0.417 e. The zero-order valence-corrected chi connectivity index (χ0v) is 14.0. The normalized spacial score (nSPS) is 15.7. The zero-order valence-electron chi connectivity index (χ0n) is 14.0.